The highest BCUT2D eigenvalue weighted by Gasteiger charge is 2.63. The highest BCUT2D eigenvalue weighted by Crippen LogP contribution is 2.64. The summed E-state index contributed by atoms with van der Waals surface area (Å²) in [5.41, 5.74) is -1.05. The van der Waals surface area contributed by atoms with E-state index >= 15 is 0 Å². The second-order valence-corrected chi connectivity index (χ2v) is 8.77. The molecule has 0 unspecified atom stereocenters. The van der Waals surface area contributed by atoms with E-state index in [1.54, 1.807) is 13.0 Å². The molecule has 134 valence electrons. The van der Waals surface area contributed by atoms with Crippen LogP contribution in [0.5, 0.6) is 0 Å². The summed E-state index contributed by atoms with van der Waals surface area (Å²) in [7, 11) is 0. The van der Waals surface area contributed by atoms with Gasteiger partial charge in [0.05, 0.1) is 23.5 Å². The van der Waals surface area contributed by atoms with Crippen LogP contribution in [0.25, 0.3) is 0 Å². The lowest BCUT2D eigenvalue weighted by Gasteiger charge is -2.63. The molecule has 6 atom stereocenters. The van der Waals surface area contributed by atoms with Crippen LogP contribution < -0.4 is 0 Å². The molecule has 0 saturated heterocycles. The molecule has 0 radical (unpaired) electrons. The van der Waals surface area contributed by atoms with Crippen molar-refractivity contribution in [1.82, 2.24) is 0 Å². The third-order valence-electron chi connectivity index (χ3n) is 7.71. The van der Waals surface area contributed by atoms with E-state index in [0.29, 0.717) is 24.3 Å². The van der Waals surface area contributed by atoms with Gasteiger partial charge in [0, 0.05) is 11.8 Å². The number of rotatable bonds is 3. The summed E-state index contributed by atoms with van der Waals surface area (Å²) >= 11 is 0. The number of ketones is 1. The minimum atomic E-state index is -1.12. The number of hydrogen-bond acceptors (Lipinski definition) is 4. The van der Waals surface area contributed by atoms with Gasteiger partial charge in [0.2, 0.25) is 0 Å². The van der Waals surface area contributed by atoms with Crippen LogP contribution in [0.3, 0.4) is 0 Å². The van der Waals surface area contributed by atoms with Crippen LogP contribution in [0.15, 0.2) is 23.0 Å². The summed E-state index contributed by atoms with van der Waals surface area (Å²) < 4.78 is 5.06. The van der Waals surface area contributed by atoms with Crippen molar-refractivity contribution >= 4 is 5.78 Å². The minimum absolute atomic E-state index is 0.105. The molecule has 0 amide bonds. The first-order valence-electron chi connectivity index (χ1n) is 9.09. The first kappa shape index (κ1) is 17.7. The lowest BCUT2D eigenvalue weighted by atomic mass is 9.43. The summed E-state index contributed by atoms with van der Waals surface area (Å²) in [6.07, 6.45) is 6.11. The van der Waals surface area contributed by atoms with E-state index in [1.807, 2.05) is 0 Å². The maximum absolute atomic E-state index is 12.8. The van der Waals surface area contributed by atoms with Gasteiger partial charge >= 0.3 is 0 Å². The molecule has 4 heteroatoms. The Labute approximate surface area is 144 Å². The molecule has 2 aliphatic carbocycles. The van der Waals surface area contributed by atoms with Crippen molar-refractivity contribution in [2.24, 2.45) is 22.7 Å². The summed E-state index contributed by atoms with van der Waals surface area (Å²) in [4.78, 5) is 12.8. The molecule has 0 aromatic carbocycles. The van der Waals surface area contributed by atoms with Crippen LogP contribution in [0.2, 0.25) is 0 Å². The van der Waals surface area contributed by atoms with Gasteiger partial charge in [0.15, 0.2) is 5.78 Å². The Bertz CT molecular complexity index is 605. The van der Waals surface area contributed by atoms with Crippen LogP contribution >= 0.6 is 0 Å². The fourth-order valence-electron chi connectivity index (χ4n) is 5.50. The zero-order chi connectivity index (χ0) is 17.8. The smallest absolute Gasteiger partial charge is 0.166 e. The fourth-order valence-corrected chi connectivity index (χ4v) is 5.50. The molecule has 2 aliphatic rings. The quantitative estimate of drug-likeness (QED) is 0.825. The van der Waals surface area contributed by atoms with Crippen LogP contribution in [0.4, 0.5) is 0 Å². The molecule has 2 fully saturated rings. The van der Waals surface area contributed by atoms with E-state index in [-0.39, 0.29) is 22.5 Å². The summed E-state index contributed by atoms with van der Waals surface area (Å²) in [5, 5.41) is 21.5. The largest absolute Gasteiger partial charge is 0.472 e. The molecule has 2 saturated carbocycles. The van der Waals surface area contributed by atoms with E-state index < -0.39 is 11.7 Å². The van der Waals surface area contributed by atoms with Gasteiger partial charge in [-0.3, -0.25) is 4.79 Å². The van der Waals surface area contributed by atoms with Gasteiger partial charge in [-0.2, -0.15) is 0 Å². The second-order valence-electron chi connectivity index (χ2n) is 8.77. The topological polar surface area (TPSA) is 70.7 Å². The van der Waals surface area contributed by atoms with E-state index in [4.69, 9.17) is 4.42 Å². The van der Waals surface area contributed by atoms with Crippen molar-refractivity contribution in [3.8, 4) is 0 Å². The van der Waals surface area contributed by atoms with Crippen LogP contribution in [-0.2, 0) is 0 Å². The number of hydrogen-bond donors (Lipinski definition) is 2. The van der Waals surface area contributed by atoms with Crippen molar-refractivity contribution in [3.05, 3.63) is 24.2 Å². The van der Waals surface area contributed by atoms with Crippen LogP contribution in [-0.4, -0.2) is 27.7 Å². The van der Waals surface area contributed by atoms with E-state index in [0.717, 1.165) is 19.3 Å². The molecule has 1 aromatic heterocycles. The average molecular weight is 334 g/mol. The minimum Gasteiger partial charge on any atom is -0.472 e. The zero-order valence-electron chi connectivity index (χ0n) is 15.2. The number of aliphatic hydroxyl groups is 2. The number of carbonyl (C=O) groups excluding carboxylic acids is 1. The Kier molecular flexibility index (Phi) is 4.20. The molecule has 1 aromatic rings. The van der Waals surface area contributed by atoms with Crippen LogP contribution in [0.1, 0.15) is 70.2 Å². The highest BCUT2D eigenvalue weighted by molar-refractivity contribution is 5.96. The third-order valence-corrected chi connectivity index (χ3v) is 7.71. The summed E-state index contributed by atoms with van der Waals surface area (Å²) in [6.45, 7) is 8.30. The van der Waals surface area contributed by atoms with Gasteiger partial charge < -0.3 is 14.6 Å². The Hall–Kier alpha value is -1.13. The van der Waals surface area contributed by atoms with Gasteiger partial charge in [-0.25, -0.2) is 0 Å². The van der Waals surface area contributed by atoms with E-state index in [9.17, 15) is 15.0 Å². The predicted molar refractivity (Wildman–Crippen MR) is 91.6 cm³/mol. The third kappa shape index (κ3) is 2.38. The second kappa shape index (κ2) is 5.70. The SMILES string of the molecule is C[C@@H]1CC[C@]2(C)[C@H](CC[C@@H](O)[C@]2(C)O)[C@@]1(C)CC(=O)c1ccoc1. The molecule has 24 heavy (non-hydrogen) atoms. The monoisotopic (exact) mass is 334 g/mol. The molecule has 1 heterocycles. The maximum Gasteiger partial charge on any atom is 0.166 e. The van der Waals surface area contributed by atoms with Crippen molar-refractivity contribution in [2.75, 3.05) is 0 Å². The Morgan fingerprint density at radius 2 is 2.00 bits per heavy atom. The van der Waals surface area contributed by atoms with Gasteiger partial charge in [-0.15, -0.1) is 0 Å². The van der Waals surface area contributed by atoms with Crippen LogP contribution in [0, 0.1) is 22.7 Å². The van der Waals surface area contributed by atoms with Crippen molar-refractivity contribution in [3.63, 3.8) is 0 Å². The first-order chi connectivity index (χ1) is 11.1. The molecular formula is C20H30O4. The predicted octanol–water partition coefficient (Wildman–Crippen LogP) is 3.82. The van der Waals surface area contributed by atoms with Crippen molar-refractivity contribution in [2.45, 2.75) is 71.5 Å². The highest BCUT2D eigenvalue weighted by atomic mass is 16.3. The average Bonchev–Trinajstić information content (AvgIpc) is 3.04. The lowest BCUT2D eigenvalue weighted by molar-refractivity contribution is -0.233. The van der Waals surface area contributed by atoms with Gasteiger partial charge in [-0.05, 0) is 55.9 Å². The van der Waals surface area contributed by atoms with Gasteiger partial charge in [-0.1, -0.05) is 20.8 Å². The van der Waals surface area contributed by atoms with E-state index in [1.165, 1.54) is 12.5 Å². The van der Waals surface area contributed by atoms with Crippen molar-refractivity contribution < 1.29 is 19.4 Å². The summed E-state index contributed by atoms with van der Waals surface area (Å²) in [5.74, 6) is 0.716. The number of furan rings is 1. The fraction of sp³-hybridized carbons (Fsp3) is 0.750. The van der Waals surface area contributed by atoms with Gasteiger partial charge in [0.1, 0.15) is 6.26 Å². The number of fused-ring (bicyclic) bond motifs is 1. The standard InChI is InChI=1S/C20H30O4/c1-13-7-9-19(3)16(5-6-17(22)20(19,4)23)18(13,2)11-15(21)14-8-10-24-12-14/h8,10,12-13,16-17,22-23H,5-7,9,11H2,1-4H3/t13-,16-,17-,18+,19-,20+/m1/s1. The molecule has 0 spiro atoms. The molecule has 0 bridgehead atoms. The number of Topliss-reactive ketones (excluding diaryl/α,β-unsaturated/α-hetero) is 1. The molecular weight excluding hydrogens is 304 g/mol. The number of carbonyl (C=O) groups is 1. The Balaban J connectivity index is 1.95. The zero-order valence-corrected chi connectivity index (χ0v) is 15.2. The van der Waals surface area contributed by atoms with E-state index in [2.05, 4.69) is 20.8 Å². The molecule has 2 N–H and O–H groups in total. The number of aliphatic hydroxyl groups excluding tert-OH is 1. The first-order valence-corrected chi connectivity index (χ1v) is 9.09. The van der Waals surface area contributed by atoms with Crippen molar-refractivity contribution in [1.29, 1.82) is 0 Å². The van der Waals surface area contributed by atoms with Gasteiger partial charge in [0.25, 0.3) is 0 Å². The normalized spacial score (nSPS) is 45.7. The maximum atomic E-state index is 12.8. The molecule has 0 aliphatic heterocycles. The molecule has 3 rings (SSSR count). The summed E-state index contributed by atoms with van der Waals surface area (Å²) in [6, 6.07) is 1.72. The molecule has 4 nitrogen and oxygen atoms in total. The Morgan fingerprint density at radius 3 is 2.62 bits per heavy atom. The Morgan fingerprint density at radius 1 is 1.29 bits per heavy atom. The lowest BCUT2D eigenvalue weighted by Crippen LogP contribution is -2.65.